The highest BCUT2D eigenvalue weighted by molar-refractivity contribution is 5.88. The van der Waals surface area contributed by atoms with Gasteiger partial charge in [-0.15, -0.1) is 0 Å². The number of hydrogen-bond donors (Lipinski definition) is 1. The third kappa shape index (κ3) is 2.94. The zero-order chi connectivity index (χ0) is 16.5. The summed E-state index contributed by atoms with van der Waals surface area (Å²) in [5, 5.41) is 4.23. The van der Waals surface area contributed by atoms with Gasteiger partial charge >= 0.3 is 0 Å². The van der Waals surface area contributed by atoms with Crippen LogP contribution in [0, 0.1) is 6.92 Å². The Balaban J connectivity index is 1.43. The normalized spacial score (nSPS) is 16.8. The van der Waals surface area contributed by atoms with Gasteiger partial charge in [-0.1, -0.05) is 36.4 Å². The summed E-state index contributed by atoms with van der Waals surface area (Å²) in [6.45, 7) is 2.04. The van der Waals surface area contributed by atoms with Crippen molar-refractivity contribution in [3.05, 3.63) is 71.0 Å². The van der Waals surface area contributed by atoms with Crippen molar-refractivity contribution >= 4 is 16.9 Å². The minimum atomic E-state index is 0.0719. The van der Waals surface area contributed by atoms with Crippen LogP contribution in [0.4, 0.5) is 0 Å². The Bertz CT molecular complexity index is 894. The Morgan fingerprint density at radius 1 is 1.21 bits per heavy atom. The van der Waals surface area contributed by atoms with E-state index in [-0.39, 0.29) is 11.9 Å². The van der Waals surface area contributed by atoms with Crippen LogP contribution in [0.25, 0.3) is 11.0 Å². The molecule has 1 unspecified atom stereocenters. The maximum Gasteiger partial charge on any atom is 0.224 e. The molecule has 0 bridgehead atoms. The van der Waals surface area contributed by atoms with Crippen LogP contribution in [-0.2, 0) is 24.1 Å². The van der Waals surface area contributed by atoms with Crippen LogP contribution in [-0.4, -0.2) is 11.9 Å². The molecule has 3 heteroatoms. The summed E-state index contributed by atoms with van der Waals surface area (Å²) >= 11 is 0. The van der Waals surface area contributed by atoms with Gasteiger partial charge in [0, 0.05) is 17.0 Å². The Morgan fingerprint density at radius 2 is 2.04 bits per heavy atom. The molecule has 3 nitrogen and oxygen atoms in total. The average Bonchev–Trinajstić information content (AvgIpc) is 2.96. The summed E-state index contributed by atoms with van der Waals surface area (Å²) in [4.78, 5) is 12.4. The first-order valence-electron chi connectivity index (χ1n) is 8.52. The van der Waals surface area contributed by atoms with Crippen molar-refractivity contribution in [2.75, 3.05) is 0 Å². The second-order valence-corrected chi connectivity index (χ2v) is 6.71. The number of rotatable bonds is 3. The number of fused-ring (bicyclic) bond motifs is 2. The molecule has 1 aromatic heterocycles. The van der Waals surface area contributed by atoms with Crippen LogP contribution >= 0.6 is 0 Å². The molecule has 1 heterocycles. The van der Waals surface area contributed by atoms with E-state index in [1.165, 1.54) is 11.1 Å². The number of amides is 1. The van der Waals surface area contributed by atoms with Gasteiger partial charge in [-0.25, -0.2) is 0 Å². The van der Waals surface area contributed by atoms with Crippen LogP contribution in [0.3, 0.4) is 0 Å². The second kappa shape index (κ2) is 6.16. The molecular weight excluding hydrogens is 298 g/mol. The average molecular weight is 319 g/mol. The van der Waals surface area contributed by atoms with E-state index in [1.54, 1.807) is 6.26 Å². The molecule has 0 saturated heterocycles. The minimum absolute atomic E-state index is 0.0719. The molecule has 0 saturated carbocycles. The van der Waals surface area contributed by atoms with E-state index >= 15 is 0 Å². The van der Waals surface area contributed by atoms with Crippen molar-refractivity contribution in [2.45, 2.75) is 38.6 Å². The van der Waals surface area contributed by atoms with Gasteiger partial charge in [0.25, 0.3) is 0 Å². The minimum Gasteiger partial charge on any atom is -0.464 e. The smallest absolute Gasteiger partial charge is 0.224 e. The first-order chi connectivity index (χ1) is 11.7. The monoisotopic (exact) mass is 319 g/mol. The number of benzene rings is 2. The zero-order valence-corrected chi connectivity index (χ0v) is 13.8. The molecule has 122 valence electrons. The molecule has 0 radical (unpaired) electrons. The van der Waals surface area contributed by atoms with Crippen LogP contribution in [0.2, 0.25) is 0 Å². The molecule has 4 rings (SSSR count). The highest BCUT2D eigenvalue weighted by Gasteiger charge is 2.20. The molecule has 1 aliphatic carbocycles. The summed E-state index contributed by atoms with van der Waals surface area (Å²) in [5.41, 5.74) is 5.74. The van der Waals surface area contributed by atoms with E-state index in [0.717, 1.165) is 41.4 Å². The van der Waals surface area contributed by atoms with E-state index < -0.39 is 0 Å². The first-order valence-corrected chi connectivity index (χ1v) is 8.52. The highest BCUT2D eigenvalue weighted by atomic mass is 16.3. The largest absolute Gasteiger partial charge is 0.464 e. The maximum atomic E-state index is 12.4. The Hall–Kier alpha value is -2.55. The number of aryl methyl sites for hydroxylation is 2. The molecule has 1 amide bonds. The molecule has 1 aliphatic rings. The summed E-state index contributed by atoms with van der Waals surface area (Å²) in [6.07, 6.45) is 5.05. The molecule has 1 atom stereocenters. The third-order valence-corrected chi connectivity index (χ3v) is 4.87. The molecule has 0 aliphatic heterocycles. The topological polar surface area (TPSA) is 42.2 Å². The van der Waals surface area contributed by atoms with Gasteiger partial charge in [0.2, 0.25) is 5.91 Å². The van der Waals surface area contributed by atoms with Crippen LogP contribution in [0.5, 0.6) is 0 Å². The van der Waals surface area contributed by atoms with Gasteiger partial charge in [-0.05, 0) is 48.9 Å². The zero-order valence-electron chi connectivity index (χ0n) is 13.8. The molecular formula is C21H21NO2. The fourth-order valence-corrected chi connectivity index (χ4v) is 3.60. The van der Waals surface area contributed by atoms with Gasteiger partial charge in [0.15, 0.2) is 0 Å². The van der Waals surface area contributed by atoms with E-state index in [1.807, 2.05) is 19.1 Å². The molecule has 0 spiro atoms. The fraction of sp³-hybridized carbons (Fsp3) is 0.286. The van der Waals surface area contributed by atoms with Crippen molar-refractivity contribution in [1.29, 1.82) is 0 Å². The fourth-order valence-electron chi connectivity index (χ4n) is 3.60. The molecule has 1 N–H and O–H groups in total. The quantitative estimate of drug-likeness (QED) is 0.794. The predicted octanol–water partition coefficient (Wildman–Crippen LogP) is 3.96. The molecule has 0 fully saturated rings. The Kier molecular flexibility index (Phi) is 3.85. The Morgan fingerprint density at radius 3 is 2.92 bits per heavy atom. The van der Waals surface area contributed by atoms with E-state index in [0.29, 0.717) is 6.42 Å². The standard InChI is InChI=1S/C21H21NO2/c1-14-6-9-19-17(13-24-20(19)10-14)12-21(23)22-18-8-7-15-4-2-3-5-16(15)11-18/h2-6,9-10,13,18H,7-8,11-12H2,1H3,(H,22,23). The van der Waals surface area contributed by atoms with E-state index in [4.69, 9.17) is 4.42 Å². The summed E-state index contributed by atoms with van der Waals surface area (Å²) < 4.78 is 5.59. The van der Waals surface area contributed by atoms with Crippen LogP contribution in [0.15, 0.2) is 53.1 Å². The van der Waals surface area contributed by atoms with Gasteiger partial charge in [-0.3, -0.25) is 4.79 Å². The van der Waals surface area contributed by atoms with Crippen molar-refractivity contribution in [1.82, 2.24) is 5.32 Å². The van der Waals surface area contributed by atoms with Gasteiger partial charge in [-0.2, -0.15) is 0 Å². The highest BCUT2D eigenvalue weighted by Crippen LogP contribution is 2.24. The van der Waals surface area contributed by atoms with Crippen molar-refractivity contribution in [3.8, 4) is 0 Å². The van der Waals surface area contributed by atoms with Gasteiger partial charge < -0.3 is 9.73 Å². The summed E-state index contributed by atoms with van der Waals surface area (Å²) in [5.74, 6) is 0.0719. The molecule has 2 aromatic carbocycles. The number of carbonyl (C=O) groups is 1. The second-order valence-electron chi connectivity index (χ2n) is 6.71. The van der Waals surface area contributed by atoms with Gasteiger partial charge in [0.1, 0.15) is 5.58 Å². The number of nitrogens with one attached hydrogen (secondary N) is 1. The third-order valence-electron chi connectivity index (χ3n) is 4.87. The number of carbonyl (C=O) groups excluding carboxylic acids is 1. The SMILES string of the molecule is Cc1ccc2c(CC(=O)NC3CCc4ccccc4C3)coc2c1. The van der Waals surface area contributed by atoms with Crippen LogP contribution < -0.4 is 5.32 Å². The van der Waals surface area contributed by atoms with Gasteiger partial charge in [0.05, 0.1) is 12.7 Å². The summed E-state index contributed by atoms with van der Waals surface area (Å²) in [7, 11) is 0. The van der Waals surface area contributed by atoms with E-state index in [9.17, 15) is 4.79 Å². The summed E-state index contributed by atoms with van der Waals surface area (Å²) in [6, 6.07) is 14.8. The molecule has 24 heavy (non-hydrogen) atoms. The van der Waals surface area contributed by atoms with Crippen LogP contribution in [0.1, 0.15) is 28.7 Å². The Labute approximate surface area is 141 Å². The van der Waals surface area contributed by atoms with Crippen molar-refractivity contribution in [2.24, 2.45) is 0 Å². The predicted molar refractivity (Wildman–Crippen MR) is 95.1 cm³/mol. The lowest BCUT2D eigenvalue weighted by atomic mass is 9.88. The van der Waals surface area contributed by atoms with Crippen molar-refractivity contribution < 1.29 is 9.21 Å². The lowest BCUT2D eigenvalue weighted by Crippen LogP contribution is -2.39. The lowest BCUT2D eigenvalue weighted by Gasteiger charge is -2.25. The van der Waals surface area contributed by atoms with E-state index in [2.05, 4.69) is 35.6 Å². The number of furan rings is 1. The number of hydrogen-bond acceptors (Lipinski definition) is 2. The molecule has 3 aromatic rings. The first kappa shape index (κ1) is 15.0. The lowest BCUT2D eigenvalue weighted by molar-refractivity contribution is -0.121. The van der Waals surface area contributed by atoms with Crippen molar-refractivity contribution in [3.63, 3.8) is 0 Å². The maximum absolute atomic E-state index is 12.4.